The molecule has 3 rings (SSSR count). The SMILES string of the molecule is CC(=O)N[C@@H](CCc1ccccc1)C(=O)N[C@@H](CC(C)C)C(=O)N[C@@H](Cc1ccccc1)C(=O)N[C@@H](CC(C)C)C(=O)C1(C)CO1. The highest BCUT2D eigenvalue weighted by molar-refractivity contribution is 5.98. The van der Waals surface area contributed by atoms with E-state index in [-0.39, 0.29) is 29.9 Å². The van der Waals surface area contributed by atoms with Gasteiger partial charge in [0.1, 0.15) is 23.7 Å². The maximum atomic E-state index is 13.8. The molecule has 4 N–H and O–H groups in total. The van der Waals surface area contributed by atoms with E-state index in [1.807, 2.05) is 88.4 Å². The molecule has 0 radical (unpaired) electrons. The first-order valence-electron chi connectivity index (χ1n) is 16.2. The predicted octanol–water partition coefficient (Wildman–Crippen LogP) is 3.27. The number of nitrogens with one attached hydrogen (secondary N) is 4. The highest BCUT2D eigenvalue weighted by atomic mass is 16.6. The van der Waals surface area contributed by atoms with Crippen LogP contribution in [0.3, 0.4) is 0 Å². The zero-order valence-electron chi connectivity index (χ0n) is 27.9. The van der Waals surface area contributed by atoms with E-state index in [4.69, 9.17) is 4.74 Å². The lowest BCUT2D eigenvalue weighted by Gasteiger charge is -2.28. The number of Topliss-reactive ketones (excluding diaryl/α,β-unsaturated/α-hetero) is 1. The topological polar surface area (TPSA) is 146 Å². The van der Waals surface area contributed by atoms with Gasteiger partial charge in [-0.2, -0.15) is 0 Å². The summed E-state index contributed by atoms with van der Waals surface area (Å²) in [5, 5.41) is 11.3. The number of aryl methyl sites for hydroxylation is 1. The van der Waals surface area contributed by atoms with Crippen molar-refractivity contribution < 1.29 is 28.7 Å². The lowest BCUT2D eigenvalue weighted by molar-refractivity contribution is -0.135. The van der Waals surface area contributed by atoms with Crippen molar-refractivity contribution >= 4 is 29.4 Å². The summed E-state index contributed by atoms with van der Waals surface area (Å²) in [5.41, 5.74) is 0.930. The molecule has 0 aromatic heterocycles. The third-order valence-corrected chi connectivity index (χ3v) is 7.95. The molecule has 0 aliphatic carbocycles. The fraction of sp³-hybridized carbons (Fsp3) is 0.528. The van der Waals surface area contributed by atoms with Crippen LogP contribution in [0.1, 0.15) is 71.9 Å². The van der Waals surface area contributed by atoms with Crippen molar-refractivity contribution in [3.8, 4) is 0 Å². The Morgan fingerprint density at radius 3 is 1.65 bits per heavy atom. The van der Waals surface area contributed by atoms with E-state index < -0.39 is 47.5 Å². The Kier molecular flexibility index (Phi) is 13.5. The fourth-order valence-corrected chi connectivity index (χ4v) is 5.37. The molecule has 1 heterocycles. The largest absolute Gasteiger partial charge is 0.361 e. The Balaban J connectivity index is 1.80. The Hall–Kier alpha value is -4.05. The molecule has 5 atom stereocenters. The number of rotatable bonds is 18. The smallest absolute Gasteiger partial charge is 0.243 e. The van der Waals surface area contributed by atoms with Gasteiger partial charge in [0, 0.05) is 13.3 Å². The summed E-state index contributed by atoms with van der Waals surface area (Å²) in [6, 6.07) is 15.3. The van der Waals surface area contributed by atoms with Gasteiger partial charge < -0.3 is 26.0 Å². The summed E-state index contributed by atoms with van der Waals surface area (Å²) >= 11 is 0. The molecule has 46 heavy (non-hydrogen) atoms. The average molecular weight is 635 g/mol. The lowest BCUT2D eigenvalue weighted by Crippen LogP contribution is -2.59. The van der Waals surface area contributed by atoms with Gasteiger partial charge in [-0.25, -0.2) is 0 Å². The van der Waals surface area contributed by atoms with Crippen molar-refractivity contribution in [1.29, 1.82) is 0 Å². The molecular formula is C36H50N4O6. The molecule has 1 unspecified atom stereocenters. The number of ether oxygens (including phenoxy) is 1. The third kappa shape index (κ3) is 11.7. The van der Waals surface area contributed by atoms with Gasteiger partial charge in [0.05, 0.1) is 12.6 Å². The van der Waals surface area contributed by atoms with E-state index in [0.29, 0.717) is 32.3 Å². The average Bonchev–Trinajstić information content (AvgIpc) is 3.76. The number of hydrogen-bond acceptors (Lipinski definition) is 6. The summed E-state index contributed by atoms with van der Waals surface area (Å²) in [7, 11) is 0. The summed E-state index contributed by atoms with van der Waals surface area (Å²) in [6.07, 6.45) is 1.82. The second kappa shape index (κ2) is 17.0. The van der Waals surface area contributed by atoms with E-state index in [2.05, 4.69) is 21.3 Å². The molecule has 10 nitrogen and oxygen atoms in total. The number of ketones is 1. The molecule has 2 aromatic carbocycles. The summed E-state index contributed by atoms with van der Waals surface area (Å²) in [4.78, 5) is 66.3. The van der Waals surface area contributed by atoms with Gasteiger partial charge in [0.25, 0.3) is 0 Å². The third-order valence-electron chi connectivity index (χ3n) is 7.95. The quantitative estimate of drug-likeness (QED) is 0.185. The maximum Gasteiger partial charge on any atom is 0.243 e. The Labute approximate surface area is 272 Å². The number of carbonyl (C=O) groups excluding carboxylic acids is 5. The molecule has 1 aliphatic rings. The normalized spacial score (nSPS) is 18.2. The van der Waals surface area contributed by atoms with Crippen molar-refractivity contribution in [2.45, 2.75) is 103 Å². The molecule has 1 aliphatic heterocycles. The minimum atomic E-state index is -1.01. The standard InChI is InChI=1S/C36H50N4O6/c1-23(2)19-29(32(42)36(6)22-46-36)38-35(45)31(21-27-15-11-8-12-16-27)40-34(44)30(20-24(3)4)39-33(43)28(37-25(5)41)18-17-26-13-9-7-10-14-26/h7-16,23-24,28-31H,17-22H2,1-6H3,(H,37,41)(H,38,45)(H,39,43)(H,40,44)/t28-,29-,30-,31-,36?/m0/s1. The van der Waals surface area contributed by atoms with Crippen LogP contribution in [0.25, 0.3) is 0 Å². The monoisotopic (exact) mass is 634 g/mol. The van der Waals surface area contributed by atoms with Gasteiger partial charge in [-0.05, 0) is 55.6 Å². The van der Waals surface area contributed by atoms with Gasteiger partial charge in [-0.15, -0.1) is 0 Å². The maximum absolute atomic E-state index is 13.8. The fourth-order valence-electron chi connectivity index (χ4n) is 5.37. The van der Waals surface area contributed by atoms with Gasteiger partial charge in [-0.3, -0.25) is 24.0 Å². The first-order valence-corrected chi connectivity index (χ1v) is 16.2. The molecule has 250 valence electrons. The van der Waals surface area contributed by atoms with Crippen molar-refractivity contribution in [1.82, 2.24) is 21.3 Å². The minimum absolute atomic E-state index is 0.0355. The second-order valence-electron chi connectivity index (χ2n) is 13.3. The van der Waals surface area contributed by atoms with Crippen LogP contribution in [0.4, 0.5) is 0 Å². The van der Waals surface area contributed by atoms with Crippen LogP contribution in [0.5, 0.6) is 0 Å². The van der Waals surface area contributed by atoms with Crippen LogP contribution in [0.2, 0.25) is 0 Å². The number of amides is 4. The molecule has 1 saturated heterocycles. The Morgan fingerprint density at radius 2 is 1.13 bits per heavy atom. The van der Waals surface area contributed by atoms with E-state index in [1.54, 1.807) is 6.92 Å². The Morgan fingerprint density at radius 1 is 0.674 bits per heavy atom. The van der Waals surface area contributed by atoms with Gasteiger partial charge >= 0.3 is 0 Å². The van der Waals surface area contributed by atoms with E-state index >= 15 is 0 Å². The van der Waals surface area contributed by atoms with Crippen molar-refractivity contribution in [3.05, 3.63) is 71.8 Å². The van der Waals surface area contributed by atoms with E-state index in [0.717, 1.165) is 11.1 Å². The molecule has 1 fully saturated rings. The van der Waals surface area contributed by atoms with Crippen molar-refractivity contribution in [3.63, 3.8) is 0 Å². The van der Waals surface area contributed by atoms with Crippen LogP contribution in [-0.4, -0.2) is 65.8 Å². The highest BCUT2D eigenvalue weighted by Gasteiger charge is 2.50. The van der Waals surface area contributed by atoms with Crippen LogP contribution in [0, 0.1) is 11.8 Å². The van der Waals surface area contributed by atoms with Gasteiger partial charge in [-0.1, -0.05) is 88.4 Å². The molecule has 10 heteroatoms. The van der Waals surface area contributed by atoms with E-state index in [9.17, 15) is 24.0 Å². The second-order valence-corrected chi connectivity index (χ2v) is 13.3. The zero-order valence-corrected chi connectivity index (χ0v) is 27.9. The van der Waals surface area contributed by atoms with Crippen LogP contribution >= 0.6 is 0 Å². The molecule has 0 saturated carbocycles. The van der Waals surface area contributed by atoms with Crippen LogP contribution < -0.4 is 21.3 Å². The van der Waals surface area contributed by atoms with Crippen molar-refractivity contribution in [2.24, 2.45) is 11.8 Å². The first-order chi connectivity index (χ1) is 21.8. The molecule has 4 amide bonds. The summed E-state index contributed by atoms with van der Waals surface area (Å²) in [5.74, 6) is -1.87. The summed E-state index contributed by atoms with van der Waals surface area (Å²) < 4.78 is 5.38. The molecule has 0 spiro atoms. The molecule has 0 bridgehead atoms. The number of hydrogen-bond donors (Lipinski definition) is 4. The minimum Gasteiger partial charge on any atom is -0.361 e. The lowest BCUT2D eigenvalue weighted by atomic mass is 9.93. The molecule has 2 aromatic rings. The van der Waals surface area contributed by atoms with E-state index in [1.165, 1.54) is 6.92 Å². The van der Waals surface area contributed by atoms with Crippen LogP contribution in [-0.2, 0) is 41.6 Å². The van der Waals surface area contributed by atoms with Crippen LogP contribution in [0.15, 0.2) is 60.7 Å². The Bertz CT molecular complexity index is 1330. The number of benzene rings is 2. The first kappa shape index (κ1) is 36.4. The number of carbonyl (C=O) groups is 5. The van der Waals surface area contributed by atoms with Gasteiger partial charge in [0.15, 0.2) is 5.78 Å². The summed E-state index contributed by atoms with van der Waals surface area (Å²) in [6.45, 7) is 11.2. The highest BCUT2D eigenvalue weighted by Crippen LogP contribution is 2.29. The zero-order chi connectivity index (χ0) is 33.9. The predicted molar refractivity (Wildman–Crippen MR) is 177 cm³/mol. The van der Waals surface area contributed by atoms with Gasteiger partial charge in [0.2, 0.25) is 23.6 Å². The molecular weight excluding hydrogens is 584 g/mol. The van der Waals surface area contributed by atoms with Crippen molar-refractivity contribution in [2.75, 3.05) is 6.61 Å². The number of epoxide rings is 1.